The molecule has 2 heterocycles. The van der Waals surface area contributed by atoms with Crippen molar-refractivity contribution in [1.82, 2.24) is 19.8 Å². The molecule has 5 rings (SSSR count). The first-order valence-corrected chi connectivity index (χ1v) is 17.1. The van der Waals surface area contributed by atoms with E-state index in [9.17, 15) is 28.3 Å². The summed E-state index contributed by atoms with van der Waals surface area (Å²) in [5.41, 5.74) is 4.95. The van der Waals surface area contributed by atoms with Crippen LogP contribution in [-0.2, 0) is 16.1 Å². The monoisotopic (exact) mass is 695 g/mol. The molecule has 1 saturated heterocycles. The van der Waals surface area contributed by atoms with Crippen LogP contribution in [-0.4, -0.2) is 61.8 Å². The van der Waals surface area contributed by atoms with Crippen LogP contribution < -0.4 is 21.3 Å². The summed E-state index contributed by atoms with van der Waals surface area (Å²) in [5.74, 6) is -3.87. The van der Waals surface area contributed by atoms with Gasteiger partial charge in [-0.15, -0.1) is 0 Å². The second-order valence-electron chi connectivity index (χ2n) is 14.4. The number of nitrogens with one attached hydrogen (secondary N) is 1. The summed E-state index contributed by atoms with van der Waals surface area (Å²) in [6.45, 7) is 7.68. The molecule has 2 aliphatic rings. The number of alkyl carbamates (subject to hydrolysis) is 1. The number of aromatic nitrogens is 2. The van der Waals surface area contributed by atoms with Crippen molar-refractivity contribution in [2.45, 2.75) is 102 Å². The number of carbonyl (C=O) groups excluding carboxylic acids is 2. The molecule has 1 aliphatic heterocycles. The van der Waals surface area contributed by atoms with E-state index in [0.717, 1.165) is 11.1 Å². The van der Waals surface area contributed by atoms with Crippen molar-refractivity contribution in [3.8, 4) is 11.6 Å². The van der Waals surface area contributed by atoms with E-state index in [1.165, 1.54) is 10.9 Å². The highest BCUT2D eigenvalue weighted by atomic mass is 19.3. The van der Waals surface area contributed by atoms with Crippen molar-refractivity contribution in [2.24, 2.45) is 5.92 Å². The molecule has 0 bridgehead atoms. The second kappa shape index (κ2) is 14.8. The summed E-state index contributed by atoms with van der Waals surface area (Å²) in [5, 5.41) is 14.3. The van der Waals surface area contributed by atoms with Gasteiger partial charge >= 0.3 is 6.09 Å². The summed E-state index contributed by atoms with van der Waals surface area (Å²) in [6.07, 6.45) is 1.14. The third-order valence-electron chi connectivity index (χ3n) is 9.47. The van der Waals surface area contributed by atoms with Gasteiger partial charge in [-0.3, -0.25) is 14.2 Å². The zero-order valence-corrected chi connectivity index (χ0v) is 29.0. The number of rotatable bonds is 9. The smallest absolute Gasteiger partial charge is 0.408 e. The fraction of sp³-hybridized carbons (Fsp3) is 0.514. The number of nitrogens with two attached hydrogens (primary N) is 1. The highest BCUT2D eigenvalue weighted by molar-refractivity contribution is 5.80. The van der Waals surface area contributed by atoms with E-state index in [4.69, 9.17) is 15.2 Å². The molecule has 2 aromatic carbocycles. The molecule has 2 amide bonds. The van der Waals surface area contributed by atoms with Gasteiger partial charge in [0.05, 0.1) is 18.2 Å². The summed E-state index contributed by atoms with van der Waals surface area (Å²) in [6, 6.07) is 15.6. The van der Waals surface area contributed by atoms with Crippen LogP contribution in [0.3, 0.4) is 0 Å². The molecule has 1 aromatic heterocycles. The van der Waals surface area contributed by atoms with E-state index in [1.54, 1.807) is 74.2 Å². The highest BCUT2D eigenvalue weighted by Crippen LogP contribution is 2.46. The third-order valence-corrected chi connectivity index (χ3v) is 9.47. The molecule has 13 heteroatoms. The molecular formula is C37H47F2N5O6. The van der Waals surface area contributed by atoms with Gasteiger partial charge in [0, 0.05) is 37.8 Å². The average molecular weight is 696 g/mol. The normalized spacial score (nSPS) is 20.8. The van der Waals surface area contributed by atoms with Crippen LogP contribution in [0.2, 0.25) is 0 Å². The number of amides is 2. The van der Waals surface area contributed by atoms with Gasteiger partial charge in [-0.25, -0.2) is 18.6 Å². The zero-order valence-electron chi connectivity index (χ0n) is 29.0. The van der Waals surface area contributed by atoms with Crippen LogP contribution in [0.5, 0.6) is 11.6 Å². The number of nitrogens with zero attached hydrogens (tertiary/aromatic N) is 3. The molecule has 4 N–H and O–H groups in total. The Morgan fingerprint density at radius 3 is 2.36 bits per heavy atom. The van der Waals surface area contributed by atoms with Gasteiger partial charge in [-0.05, 0) is 69.7 Å². The number of halogens is 2. The SMILES string of the molecule is CCC(NC(=O)OC(C)(C)C)c1ccc(Oc2ncn(CC3(O)CCN(C(=O)[C@@H]4CCC(F)(F)C[C@H]4c4ccccc4)CC3)c(=O)c2N)cc1. The van der Waals surface area contributed by atoms with Gasteiger partial charge in [-0.1, -0.05) is 49.4 Å². The van der Waals surface area contributed by atoms with E-state index in [1.807, 2.05) is 13.0 Å². The molecule has 270 valence electrons. The maximum absolute atomic E-state index is 14.4. The molecule has 2 fully saturated rings. The topological polar surface area (TPSA) is 149 Å². The third kappa shape index (κ3) is 8.98. The first kappa shape index (κ1) is 36.8. The second-order valence-corrected chi connectivity index (χ2v) is 14.4. The summed E-state index contributed by atoms with van der Waals surface area (Å²) < 4.78 is 41.3. The lowest BCUT2D eigenvalue weighted by molar-refractivity contribution is -0.145. The van der Waals surface area contributed by atoms with Gasteiger partial charge in [0.2, 0.25) is 17.7 Å². The van der Waals surface area contributed by atoms with E-state index in [-0.39, 0.29) is 75.3 Å². The Hall–Kier alpha value is -4.52. The Bertz CT molecular complexity index is 1700. The Kier molecular flexibility index (Phi) is 10.8. The molecule has 1 unspecified atom stereocenters. The van der Waals surface area contributed by atoms with Gasteiger partial charge in [-0.2, -0.15) is 0 Å². The van der Waals surface area contributed by atoms with Gasteiger partial charge in [0.1, 0.15) is 17.7 Å². The minimum Gasteiger partial charge on any atom is -0.444 e. The number of aliphatic hydroxyl groups is 1. The van der Waals surface area contributed by atoms with Crippen molar-refractivity contribution >= 4 is 17.7 Å². The maximum atomic E-state index is 14.4. The number of benzene rings is 2. The van der Waals surface area contributed by atoms with Crippen LogP contribution >= 0.6 is 0 Å². The Balaban J connectivity index is 1.19. The number of carbonyl (C=O) groups is 2. The number of piperidine rings is 1. The minimum atomic E-state index is -2.83. The first-order valence-electron chi connectivity index (χ1n) is 17.1. The average Bonchev–Trinajstić information content (AvgIpc) is 3.07. The van der Waals surface area contributed by atoms with Crippen LogP contribution in [0.4, 0.5) is 19.3 Å². The molecule has 50 heavy (non-hydrogen) atoms. The van der Waals surface area contributed by atoms with Crippen molar-refractivity contribution < 1.29 is 33.0 Å². The van der Waals surface area contributed by atoms with Crippen molar-refractivity contribution in [1.29, 1.82) is 0 Å². The lowest BCUT2D eigenvalue weighted by atomic mass is 9.73. The number of hydrogen-bond donors (Lipinski definition) is 3. The first-order chi connectivity index (χ1) is 23.6. The number of hydrogen-bond acceptors (Lipinski definition) is 8. The molecule has 1 aliphatic carbocycles. The lowest BCUT2D eigenvalue weighted by Crippen LogP contribution is -2.52. The molecule has 3 aromatic rings. The zero-order chi connectivity index (χ0) is 36.3. The maximum Gasteiger partial charge on any atom is 0.408 e. The van der Waals surface area contributed by atoms with Crippen LogP contribution in [0, 0.1) is 5.92 Å². The predicted molar refractivity (Wildman–Crippen MR) is 184 cm³/mol. The Labute approximate surface area is 290 Å². The predicted octanol–water partition coefficient (Wildman–Crippen LogP) is 6.17. The summed E-state index contributed by atoms with van der Waals surface area (Å²) in [4.78, 5) is 45.0. The van der Waals surface area contributed by atoms with Crippen molar-refractivity contribution in [3.63, 3.8) is 0 Å². The highest BCUT2D eigenvalue weighted by Gasteiger charge is 2.46. The van der Waals surface area contributed by atoms with Gasteiger partial charge < -0.3 is 30.5 Å². The largest absolute Gasteiger partial charge is 0.444 e. The van der Waals surface area contributed by atoms with E-state index in [0.29, 0.717) is 12.2 Å². The molecular weight excluding hydrogens is 648 g/mol. The van der Waals surface area contributed by atoms with E-state index < -0.39 is 40.6 Å². The summed E-state index contributed by atoms with van der Waals surface area (Å²) in [7, 11) is 0. The number of likely N-dealkylation sites (tertiary alicyclic amines) is 1. The quantitative estimate of drug-likeness (QED) is 0.241. The fourth-order valence-electron chi connectivity index (χ4n) is 6.77. The number of alkyl halides is 2. The van der Waals surface area contributed by atoms with Gasteiger partial charge in [0.25, 0.3) is 5.56 Å². The van der Waals surface area contributed by atoms with Crippen LogP contribution in [0.15, 0.2) is 65.7 Å². The van der Waals surface area contributed by atoms with E-state index in [2.05, 4.69) is 10.3 Å². The van der Waals surface area contributed by atoms with Gasteiger partial charge in [0.15, 0.2) is 5.69 Å². The molecule has 11 nitrogen and oxygen atoms in total. The standard InChI is InChI=1S/C37H47F2N5O6/c1-5-29(42-34(47)50-35(2,3)4)25-11-13-26(14-12-25)49-31-30(40)33(46)44(23-41-31)22-36(48)17-19-43(20-18-36)32(45)27-15-16-37(38,39)21-28(27)24-9-7-6-8-10-24/h6-14,23,27-29,48H,5,15-22,40H2,1-4H3,(H,42,47)/t27-,28+,29?/m1/s1. The van der Waals surface area contributed by atoms with Crippen molar-refractivity contribution in [2.75, 3.05) is 18.8 Å². The number of anilines is 1. The number of ether oxygens (including phenoxy) is 2. The Morgan fingerprint density at radius 1 is 1.08 bits per heavy atom. The minimum absolute atomic E-state index is 0.0867. The lowest BCUT2D eigenvalue weighted by Gasteiger charge is -2.42. The molecule has 3 atom stereocenters. The number of nitrogen functional groups attached to an aromatic ring is 1. The fourth-order valence-corrected chi connectivity index (χ4v) is 6.77. The van der Waals surface area contributed by atoms with Crippen molar-refractivity contribution in [3.05, 3.63) is 82.4 Å². The Morgan fingerprint density at radius 2 is 1.74 bits per heavy atom. The van der Waals surface area contributed by atoms with Crippen LogP contribution in [0.25, 0.3) is 0 Å². The molecule has 0 spiro atoms. The summed E-state index contributed by atoms with van der Waals surface area (Å²) >= 11 is 0. The van der Waals surface area contributed by atoms with Crippen LogP contribution in [0.1, 0.15) is 89.3 Å². The van der Waals surface area contributed by atoms with E-state index >= 15 is 0 Å². The molecule has 0 radical (unpaired) electrons. The molecule has 1 saturated carbocycles.